The van der Waals surface area contributed by atoms with E-state index in [1.54, 1.807) is 4.57 Å². The summed E-state index contributed by atoms with van der Waals surface area (Å²) in [5, 5.41) is 9.33. The van der Waals surface area contributed by atoms with Gasteiger partial charge in [-0.15, -0.1) is 0 Å². The monoisotopic (exact) mass is 411 g/mol. The van der Waals surface area contributed by atoms with Crippen molar-refractivity contribution in [3.8, 4) is 0 Å². The maximum Gasteiger partial charge on any atom is 0.280 e. The molecule has 3 rings (SSSR count). The molecule has 9 nitrogen and oxygen atoms in total. The molecule has 0 aromatic carbocycles. The van der Waals surface area contributed by atoms with Gasteiger partial charge in [0.25, 0.3) is 5.56 Å². The van der Waals surface area contributed by atoms with Crippen molar-refractivity contribution in [1.29, 1.82) is 0 Å². The topological polar surface area (TPSA) is 128 Å². The zero-order valence-electron chi connectivity index (χ0n) is 15.1. The average Bonchev–Trinajstić information content (AvgIpc) is 3.15. The lowest BCUT2D eigenvalue weighted by molar-refractivity contribution is -0.0383. The van der Waals surface area contributed by atoms with Crippen LogP contribution in [0.4, 0.5) is 5.95 Å². The fourth-order valence-corrected chi connectivity index (χ4v) is 4.68. The van der Waals surface area contributed by atoms with E-state index in [4.69, 9.17) is 23.1 Å². The Bertz CT molecular complexity index is 840. The van der Waals surface area contributed by atoms with Crippen molar-refractivity contribution in [2.24, 2.45) is 0 Å². The zero-order chi connectivity index (χ0) is 19.6. The van der Waals surface area contributed by atoms with Gasteiger partial charge in [0.2, 0.25) is 5.95 Å². The van der Waals surface area contributed by atoms with Gasteiger partial charge < -0.3 is 20.3 Å². The van der Waals surface area contributed by atoms with Crippen LogP contribution in [0.1, 0.15) is 32.9 Å². The first-order valence-electron chi connectivity index (χ1n) is 8.48. The molecule has 4 N–H and O–H groups in total. The maximum atomic E-state index is 11.9. The van der Waals surface area contributed by atoms with E-state index in [0.29, 0.717) is 24.4 Å². The third kappa shape index (κ3) is 4.99. The van der Waals surface area contributed by atoms with Gasteiger partial charge >= 0.3 is 0 Å². The number of aliphatic hydroxyl groups is 1. The van der Waals surface area contributed by atoms with Crippen LogP contribution >= 0.6 is 21.6 Å². The molecule has 0 aliphatic carbocycles. The normalized spacial score (nSPS) is 23.3. The number of nitrogens with zero attached hydrogens (tertiary/aromatic N) is 3. The van der Waals surface area contributed by atoms with Crippen LogP contribution in [0.25, 0.3) is 11.2 Å². The second-order valence-electron chi connectivity index (χ2n) is 6.78. The van der Waals surface area contributed by atoms with Gasteiger partial charge in [0, 0.05) is 13.0 Å². The predicted octanol–water partition coefficient (Wildman–Crippen LogP) is 1.00. The molecule has 3 heterocycles. The molecule has 0 spiro atoms. The molecule has 0 amide bonds. The molecular weight excluding hydrogens is 389 g/mol. The van der Waals surface area contributed by atoms with E-state index in [0.717, 1.165) is 0 Å². The largest absolute Gasteiger partial charge is 0.396 e. The minimum atomic E-state index is -0.408. The Hall–Kier alpha value is -1.21. The smallest absolute Gasteiger partial charge is 0.280 e. The second kappa shape index (κ2) is 8.44. The third-order valence-electron chi connectivity index (χ3n) is 3.96. The molecule has 1 saturated heterocycles. The molecule has 0 bridgehead atoms. The lowest BCUT2D eigenvalue weighted by Gasteiger charge is -2.20. The number of rotatable bonds is 8. The molecule has 3 atom stereocenters. The van der Waals surface area contributed by atoms with E-state index >= 15 is 0 Å². The van der Waals surface area contributed by atoms with E-state index in [1.807, 2.05) is 13.8 Å². The number of nitrogens with two attached hydrogens (primary N) is 1. The highest BCUT2D eigenvalue weighted by atomic mass is 33.1. The second-order valence-corrected chi connectivity index (χ2v) is 9.68. The summed E-state index contributed by atoms with van der Waals surface area (Å²) in [7, 11) is 9.01. The van der Waals surface area contributed by atoms with E-state index in [1.165, 1.54) is 27.9 Å². The highest BCUT2D eigenvalue weighted by Crippen LogP contribution is 2.37. The fraction of sp³-hybridized carbons (Fsp3) is 0.667. The maximum absolute atomic E-state index is 11.9. The number of nitrogen functional groups attached to an aromatic ring is 1. The molecule has 1 aliphatic rings. The molecule has 0 saturated carbocycles. The van der Waals surface area contributed by atoms with Crippen molar-refractivity contribution >= 4 is 46.5 Å². The van der Waals surface area contributed by atoms with Gasteiger partial charge in [-0.25, -0.2) is 4.98 Å². The predicted molar refractivity (Wildman–Crippen MR) is 108 cm³/mol. The summed E-state index contributed by atoms with van der Waals surface area (Å²) >= 11 is 0. The van der Waals surface area contributed by atoms with Gasteiger partial charge in [-0.1, -0.05) is 35.4 Å². The summed E-state index contributed by atoms with van der Waals surface area (Å²) in [5.74, 6) is 0.466. The molecule has 2 aromatic rings. The number of anilines is 1. The standard InChI is InChI=1S/C15H22BN5O4S2/c1-15(2,16)27-26-7-24-9-5-10(25-8(9)3-4-22)21-6-18-11-12(21)19-14(17)20-13(11)23/h6,8-10,22H,3-5,7H2,1-2H3,(H3,17,19,20,23)/t8?,9-,10-/m1/s1. The molecule has 1 fully saturated rings. The Balaban J connectivity index is 1.72. The van der Waals surface area contributed by atoms with Gasteiger partial charge in [-0.3, -0.25) is 14.3 Å². The summed E-state index contributed by atoms with van der Waals surface area (Å²) in [6.45, 7) is 3.85. The van der Waals surface area contributed by atoms with Gasteiger partial charge in [0.15, 0.2) is 11.2 Å². The number of aromatic amines is 1. The first kappa shape index (κ1) is 20.5. The van der Waals surface area contributed by atoms with Gasteiger partial charge in [0.05, 0.1) is 26.4 Å². The molecule has 27 heavy (non-hydrogen) atoms. The van der Waals surface area contributed by atoms with E-state index < -0.39 is 11.8 Å². The third-order valence-corrected chi connectivity index (χ3v) is 6.67. The van der Waals surface area contributed by atoms with Crippen molar-refractivity contribution in [1.82, 2.24) is 19.5 Å². The lowest BCUT2D eigenvalue weighted by atomic mass is 9.91. The fourth-order valence-electron chi connectivity index (χ4n) is 2.88. The number of imidazole rings is 1. The van der Waals surface area contributed by atoms with Crippen LogP contribution in [0.15, 0.2) is 11.1 Å². The summed E-state index contributed by atoms with van der Waals surface area (Å²) in [5.41, 5.74) is 5.81. The average molecular weight is 411 g/mol. The van der Waals surface area contributed by atoms with Crippen LogP contribution in [-0.4, -0.2) is 61.9 Å². The van der Waals surface area contributed by atoms with Crippen molar-refractivity contribution in [2.75, 3.05) is 18.3 Å². The quantitative estimate of drug-likeness (QED) is 0.252. The molecule has 1 unspecified atom stereocenters. The summed E-state index contributed by atoms with van der Waals surface area (Å²) in [6, 6.07) is 0. The molecular formula is C15H22BN5O4S2. The first-order valence-corrected chi connectivity index (χ1v) is 10.8. The van der Waals surface area contributed by atoms with E-state index in [-0.39, 0.29) is 34.9 Å². The Morgan fingerprint density at radius 2 is 2.37 bits per heavy atom. The van der Waals surface area contributed by atoms with Crippen molar-refractivity contribution in [3.05, 3.63) is 16.7 Å². The number of H-pyrrole nitrogens is 1. The highest BCUT2D eigenvalue weighted by molar-refractivity contribution is 8.77. The van der Waals surface area contributed by atoms with Crippen LogP contribution in [-0.2, 0) is 9.47 Å². The zero-order valence-corrected chi connectivity index (χ0v) is 16.8. The van der Waals surface area contributed by atoms with E-state index in [2.05, 4.69) is 15.0 Å². The number of aliphatic hydroxyl groups excluding tert-OH is 1. The van der Waals surface area contributed by atoms with Gasteiger partial charge in [-0.2, -0.15) is 4.98 Å². The number of ether oxygens (including phenoxy) is 2. The Kier molecular flexibility index (Phi) is 6.41. The molecule has 2 radical (unpaired) electrons. The van der Waals surface area contributed by atoms with Crippen molar-refractivity contribution in [3.63, 3.8) is 0 Å². The highest BCUT2D eigenvalue weighted by Gasteiger charge is 2.37. The van der Waals surface area contributed by atoms with Crippen LogP contribution in [0.2, 0.25) is 0 Å². The van der Waals surface area contributed by atoms with Gasteiger partial charge in [0.1, 0.15) is 12.2 Å². The number of aromatic nitrogens is 4. The Labute approximate surface area is 165 Å². The van der Waals surface area contributed by atoms with Gasteiger partial charge in [-0.05, 0) is 11.1 Å². The van der Waals surface area contributed by atoms with Crippen LogP contribution in [0.5, 0.6) is 0 Å². The van der Waals surface area contributed by atoms with Crippen molar-refractivity contribution < 1.29 is 14.6 Å². The molecule has 12 heteroatoms. The van der Waals surface area contributed by atoms with Crippen LogP contribution < -0.4 is 11.3 Å². The van der Waals surface area contributed by atoms with Crippen molar-refractivity contribution in [2.45, 2.75) is 49.8 Å². The lowest BCUT2D eigenvalue weighted by Crippen LogP contribution is -2.25. The van der Waals surface area contributed by atoms with Crippen LogP contribution in [0, 0.1) is 0 Å². The SMILES string of the molecule is [B]C(C)(C)SSCO[C@@H]1C[C@H](n2cnc3c(=O)[nH]c(N)nc32)OC1CCO. The minimum Gasteiger partial charge on any atom is -0.396 e. The molecule has 2 aromatic heterocycles. The number of nitrogens with one attached hydrogen (secondary N) is 1. The summed E-state index contributed by atoms with van der Waals surface area (Å²) in [4.78, 5) is 22.7. The number of hydrogen-bond acceptors (Lipinski definition) is 9. The van der Waals surface area contributed by atoms with E-state index in [9.17, 15) is 9.90 Å². The summed E-state index contributed by atoms with van der Waals surface area (Å²) < 4.78 is 13.3. The Morgan fingerprint density at radius 1 is 1.59 bits per heavy atom. The molecule has 146 valence electrons. The first-order chi connectivity index (χ1) is 12.8. The molecule has 1 aliphatic heterocycles. The number of hydrogen-bond donors (Lipinski definition) is 3. The number of fused-ring (bicyclic) bond motifs is 1. The van der Waals surface area contributed by atoms with Crippen LogP contribution in [0.3, 0.4) is 0 Å². The Morgan fingerprint density at radius 3 is 3.07 bits per heavy atom. The minimum absolute atomic E-state index is 0.00941. The summed E-state index contributed by atoms with van der Waals surface area (Å²) in [6.07, 6.45) is 1.62.